The lowest BCUT2D eigenvalue weighted by molar-refractivity contribution is 0.0950. The number of carbonyl (C=O) groups excluding carboxylic acids is 1. The van der Waals surface area contributed by atoms with Crippen LogP contribution in [0.1, 0.15) is 51.8 Å². The van der Waals surface area contributed by atoms with E-state index in [1.807, 2.05) is 39.5 Å². The van der Waals surface area contributed by atoms with E-state index < -0.39 is 0 Å². The van der Waals surface area contributed by atoms with Gasteiger partial charge in [0.15, 0.2) is 5.65 Å². The Morgan fingerprint density at radius 3 is 3.00 bits per heavy atom. The van der Waals surface area contributed by atoms with E-state index >= 15 is 0 Å². The molecule has 0 aliphatic heterocycles. The predicted octanol–water partition coefficient (Wildman–Crippen LogP) is 2.41. The number of fused-ring (bicyclic) bond motifs is 2. The van der Waals surface area contributed by atoms with Gasteiger partial charge in [0, 0.05) is 23.9 Å². The van der Waals surface area contributed by atoms with Gasteiger partial charge in [-0.15, -0.1) is 6.42 Å². The van der Waals surface area contributed by atoms with Gasteiger partial charge in [-0.05, 0) is 37.1 Å². The number of nitrogens with zero attached hydrogens (tertiary/aromatic N) is 7. The first-order valence-corrected chi connectivity index (χ1v) is 10.7. The third kappa shape index (κ3) is 3.72. The summed E-state index contributed by atoms with van der Waals surface area (Å²) in [5.74, 6) is 2.99. The van der Waals surface area contributed by atoms with Crippen molar-refractivity contribution in [2.24, 2.45) is 0 Å². The van der Waals surface area contributed by atoms with Gasteiger partial charge >= 0.3 is 0 Å². The summed E-state index contributed by atoms with van der Waals surface area (Å²) in [5, 5.41) is 11.9. The Labute approximate surface area is 189 Å². The van der Waals surface area contributed by atoms with Crippen LogP contribution in [0.4, 0.5) is 0 Å². The standard InChI is InChI=1S/C24H20N8O/c1-2-16-7-8-30-15-26-21(22(30)9-16)11-25-24(33)18-10-27-31(12-18)13-19-14-32-23(28-19)6-5-20(29-32)17-3-4-17/h1,5-10,12,14-15,17H,3-4,11,13H2,(H,25,33). The van der Waals surface area contributed by atoms with E-state index in [1.54, 1.807) is 23.4 Å². The van der Waals surface area contributed by atoms with Crippen molar-refractivity contribution in [3.8, 4) is 12.3 Å². The number of nitrogens with one attached hydrogen (secondary N) is 1. The molecule has 9 heteroatoms. The number of aromatic nitrogens is 7. The van der Waals surface area contributed by atoms with Gasteiger partial charge in [0.1, 0.15) is 0 Å². The molecule has 0 spiro atoms. The van der Waals surface area contributed by atoms with E-state index in [9.17, 15) is 4.79 Å². The van der Waals surface area contributed by atoms with Crippen molar-refractivity contribution in [1.29, 1.82) is 0 Å². The van der Waals surface area contributed by atoms with Gasteiger partial charge in [-0.2, -0.15) is 10.2 Å². The third-order valence-electron chi connectivity index (χ3n) is 5.81. The quantitative estimate of drug-likeness (QED) is 0.413. The number of hydrogen-bond donors (Lipinski definition) is 1. The molecule has 33 heavy (non-hydrogen) atoms. The first kappa shape index (κ1) is 19.3. The summed E-state index contributed by atoms with van der Waals surface area (Å²) in [6.07, 6.45) is 16.6. The van der Waals surface area contributed by atoms with Crippen LogP contribution in [0.3, 0.4) is 0 Å². The maximum Gasteiger partial charge on any atom is 0.254 e. The van der Waals surface area contributed by atoms with Gasteiger partial charge in [-0.3, -0.25) is 9.48 Å². The molecule has 0 bridgehead atoms. The van der Waals surface area contributed by atoms with Gasteiger partial charge < -0.3 is 9.72 Å². The van der Waals surface area contributed by atoms with Crippen LogP contribution >= 0.6 is 0 Å². The summed E-state index contributed by atoms with van der Waals surface area (Å²) in [5.41, 5.74) is 5.61. The highest BCUT2D eigenvalue weighted by Gasteiger charge is 2.25. The number of imidazole rings is 2. The summed E-state index contributed by atoms with van der Waals surface area (Å²) >= 11 is 0. The fraction of sp³-hybridized carbons (Fsp3) is 0.208. The summed E-state index contributed by atoms with van der Waals surface area (Å²) in [6, 6.07) is 7.77. The molecular formula is C24H20N8O. The minimum atomic E-state index is -0.221. The van der Waals surface area contributed by atoms with Gasteiger partial charge in [-0.25, -0.2) is 14.5 Å². The van der Waals surface area contributed by atoms with Gasteiger partial charge in [-0.1, -0.05) is 5.92 Å². The lowest BCUT2D eigenvalue weighted by Gasteiger charge is -2.02. The molecule has 1 aliphatic carbocycles. The first-order chi connectivity index (χ1) is 16.2. The monoisotopic (exact) mass is 436 g/mol. The van der Waals surface area contributed by atoms with E-state index in [4.69, 9.17) is 6.42 Å². The second-order valence-electron chi connectivity index (χ2n) is 8.22. The maximum atomic E-state index is 12.7. The van der Waals surface area contributed by atoms with Crippen LogP contribution < -0.4 is 5.32 Å². The van der Waals surface area contributed by atoms with Crippen LogP contribution in [0.5, 0.6) is 0 Å². The Morgan fingerprint density at radius 1 is 1.24 bits per heavy atom. The van der Waals surface area contributed by atoms with Crippen LogP contribution in [-0.2, 0) is 13.1 Å². The highest BCUT2D eigenvalue weighted by molar-refractivity contribution is 5.93. The SMILES string of the molecule is C#Cc1ccn2cnc(CNC(=O)c3cnn(Cc4cn5nc(C6CC6)ccc5n4)c3)c2c1. The van der Waals surface area contributed by atoms with E-state index in [-0.39, 0.29) is 12.5 Å². The van der Waals surface area contributed by atoms with Crippen molar-refractivity contribution in [2.75, 3.05) is 0 Å². The average Bonchev–Trinajstić information content (AvgIpc) is 3.25. The molecule has 0 aromatic carbocycles. The Morgan fingerprint density at radius 2 is 2.15 bits per heavy atom. The summed E-state index contributed by atoms with van der Waals surface area (Å²) in [4.78, 5) is 21.6. The molecule has 5 heterocycles. The zero-order valence-electron chi connectivity index (χ0n) is 17.7. The third-order valence-corrected chi connectivity index (χ3v) is 5.81. The molecule has 6 rings (SSSR count). The fourth-order valence-corrected chi connectivity index (χ4v) is 3.89. The number of rotatable bonds is 6. The van der Waals surface area contributed by atoms with E-state index in [0.29, 0.717) is 18.0 Å². The molecule has 162 valence electrons. The predicted molar refractivity (Wildman–Crippen MR) is 121 cm³/mol. The molecule has 1 fully saturated rings. The zero-order valence-corrected chi connectivity index (χ0v) is 17.7. The Bertz CT molecular complexity index is 1550. The number of carbonyl (C=O) groups is 1. The van der Waals surface area contributed by atoms with Crippen LogP contribution in [0.25, 0.3) is 11.2 Å². The van der Waals surface area contributed by atoms with Crippen molar-refractivity contribution < 1.29 is 4.79 Å². The number of amides is 1. The molecule has 5 aromatic rings. The average molecular weight is 436 g/mol. The lowest BCUT2D eigenvalue weighted by atomic mass is 10.2. The van der Waals surface area contributed by atoms with Crippen molar-refractivity contribution in [1.82, 2.24) is 39.1 Å². The highest BCUT2D eigenvalue weighted by Crippen LogP contribution is 2.38. The summed E-state index contributed by atoms with van der Waals surface area (Å²) in [7, 11) is 0. The molecule has 1 saturated carbocycles. The van der Waals surface area contributed by atoms with Crippen molar-refractivity contribution in [3.05, 3.63) is 83.6 Å². The minimum absolute atomic E-state index is 0.221. The largest absolute Gasteiger partial charge is 0.346 e. The Balaban J connectivity index is 1.13. The normalized spacial score (nSPS) is 13.4. The number of hydrogen-bond acceptors (Lipinski definition) is 5. The topological polar surface area (TPSA) is 94.4 Å². The summed E-state index contributed by atoms with van der Waals surface area (Å²) < 4.78 is 5.39. The van der Waals surface area contributed by atoms with Crippen molar-refractivity contribution >= 4 is 17.1 Å². The highest BCUT2D eigenvalue weighted by atomic mass is 16.1. The van der Waals surface area contributed by atoms with Crippen molar-refractivity contribution in [3.63, 3.8) is 0 Å². The molecule has 0 radical (unpaired) electrons. The minimum Gasteiger partial charge on any atom is -0.346 e. The molecule has 1 aliphatic rings. The van der Waals surface area contributed by atoms with Crippen LogP contribution in [-0.4, -0.2) is 39.7 Å². The van der Waals surface area contributed by atoms with E-state index in [2.05, 4.69) is 37.5 Å². The van der Waals surface area contributed by atoms with Gasteiger partial charge in [0.25, 0.3) is 5.91 Å². The second kappa shape index (κ2) is 7.60. The van der Waals surface area contributed by atoms with Crippen LogP contribution in [0.15, 0.2) is 55.4 Å². The molecular weight excluding hydrogens is 416 g/mol. The molecule has 5 aromatic heterocycles. The maximum absolute atomic E-state index is 12.7. The molecule has 0 unspecified atom stereocenters. The van der Waals surface area contributed by atoms with E-state index in [0.717, 1.165) is 33.8 Å². The smallest absolute Gasteiger partial charge is 0.254 e. The van der Waals surface area contributed by atoms with Crippen LogP contribution in [0, 0.1) is 12.3 Å². The molecule has 9 nitrogen and oxygen atoms in total. The van der Waals surface area contributed by atoms with Crippen LogP contribution in [0.2, 0.25) is 0 Å². The van der Waals surface area contributed by atoms with Gasteiger partial charge in [0.2, 0.25) is 0 Å². The molecule has 1 N–H and O–H groups in total. The van der Waals surface area contributed by atoms with E-state index in [1.165, 1.54) is 12.8 Å². The molecule has 1 amide bonds. The first-order valence-electron chi connectivity index (χ1n) is 10.7. The van der Waals surface area contributed by atoms with Gasteiger partial charge in [0.05, 0.1) is 60.0 Å². The summed E-state index contributed by atoms with van der Waals surface area (Å²) in [6.45, 7) is 0.742. The lowest BCUT2D eigenvalue weighted by Crippen LogP contribution is -2.22. The molecule has 0 atom stereocenters. The fourth-order valence-electron chi connectivity index (χ4n) is 3.89. The van der Waals surface area contributed by atoms with Crippen molar-refractivity contribution in [2.45, 2.75) is 31.8 Å². The zero-order chi connectivity index (χ0) is 22.4. The Hall–Kier alpha value is -4.45. The number of terminal acetylenes is 1. The second-order valence-corrected chi connectivity index (χ2v) is 8.22. The number of pyridine rings is 1. The molecule has 0 saturated heterocycles. The Kier molecular flexibility index (Phi) is 4.43.